The summed E-state index contributed by atoms with van der Waals surface area (Å²) in [6, 6.07) is 45.1. The van der Waals surface area contributed by atoms with E-state index in [1.165, 1.54) is 0 Å². The second-order valence-electron chi connectivity index (χ2n) is 8.49. The van der Waals surface area contributed by atoms with Crippen molar-refractivity contribution in [2.45, 2.75) is 6.16 Å². The number of benzene rings is 5. The zero-order chi connectivity index (χ0) is 24.8. The molecule has 0 radical (unpaired) electrons. The Morgan fingerprint density at radius 3 is 1.42 bits per heavy atom. The first-order valence-corrected chi connectivity index (χ1v) is 15.3. The highest BCUT2D eigenvalue weighted by molar-refractivity contribution is 7.85. The first-order chi connectivity index (χ1) is 17.6. The van der Waals surface area contributed by atoms with Crippen LogP contribution in [-0.4, -0.2) is 0 Å². The lowest BCUT2D eigenvalue weighted by Gasteiger charge is -2.26. The van der Waals surface area contributed by atoms with Crippen LogP contribution in [0.15, 0.2) is 146 Å². The van der Waals surface area contributed by atoms with E-state index in [1.807, 2.05) is 140 Å². The molecule has 0 bridgehead atoms. The molecule has 5 heteroatoms. The molecule has 178 valence electrons. The summed E-state index contributed by atoms with van der Waals surface area (Å²) in [4.78, 5) is 0. The highest BCUT2D eigenvalue weighted by atomic mass is 31.2. The van der Waals surface area contributed by atoms with Gasteiger partial charge >= 0.3 is 0 Å². The Balaban J connectivity index is 1.67. The molecule has 5 aromatic rings. The van der Waals surface area contributed by atoms with Crippen molar-refractivity contribution in [1.82, 2.24) is 0 Å². The van der Waals surface area contributed by atoms with Crippen LogP contribution in [0, 0.1) is 0 Å². The molecular weight excluding hydrogens is 482 g/mol. The van der Waals surface area contributed by atoms with E-state index in [2.05, 4.69) is 0 Å². The molecular formula is C31H26O3P2. The largest absolute Gasteiger partial charge is 0.439 e. The summed E-state index contributed by atoms with van der Waals surface area (Å²) in [5.41, 5.74) is 0.913. The Morgan fingerprint density at radius 2 is 0.889 bits per heavy atom. The molecule has 0 unspecified atom stereocenters. The summed E-state index contributed by atoms with van der Waals surface area (Å²) in [5, 5.41) is 2.55. The fourth-order valence-corrected chi connectivity index (χ4v) is 9.30. The van der Waals surface area contributed by atoms with E-state index >= 15 is 4.57 Å². The minimum atomic E-state index is -3.42. The Morgan fingerprint density at radius 1 is 0.472 bits per heavy atom. The number of hydrogen-bond acceptors (Lipinski definition) is 3. The Labute approximate surface area is 212 Å². The van der Waals surface area contributed by atoms with Gasteiger partial charge in [0.1, 0.15) is 5.75 Å². The number of rotatable bonds is 8. The van der Waals surface area contributed by atoms with Crippen molar-refractivity contribution in [2.75, 3.05) is 0 Å². The highest BCUT2D eigenvalue weighted by Crippen LogP contribution is 2.52. The first-order valence-electron chi connectivity index (χ1n) is 11.8. The van der Waals surface area contributed by atoms with Crippen LogP contribution in [0.1, 0.15) is 5.56 Å². The molecule has 0 aromatic heterocycles. The average Bonchev–Trinajstić information content (AvgIpc) is 2.95. The van der Waals surface area contributed by atoms with E-state index in [4.69, 9.17) is 4.52 Å². The second kappa shape index (κ2) is 10.5. The molecule has 0 aliphatic carbocycles. The Hall–Kier alpha value is -3.64. The number of hydrogen-bond donors (Lipinski definition) is 0. The van der Waals surface area contributed by atoms with Crippen LogP contribution in [0.4, 0.5) is 0 Å². The van der Waals surface area contributed by atoms with E-state index in [0.717, 1.165) is 5.56 Å². The predicted molar refractivity (Wildman–Crippen MR) is 150 cm³/mol. The van der Waals surface area contributed by atoms with E-state index < -0.39 is 14.5 Å². The summed E-state index contributed by atoms with van der Waals surface area (Å²) in [6.07, 6.45) is 0.229. The molecule has 0 aliphatic rings. The zero-order valence-corrected chi connectivity index (χ0v) is 21.5. The molecule has 5 rings (SSSR count). The Kier molecular flexibility index (Phi) is 7.05. The lowest BCUT2D eigenvalue weighted by atomic mass is 10.2. The van der Waals surface area contributed by atoms with Crippen LogP contribution in [0.2, 0.25) is 0 Å². The van der Waals surface area contributed by atoms with Crippen molar-refractivity contribution >= 4 is 35.7 Å². The summed E-state index contributed by atoms with van der Waals surface area (Å²) >= 11 is 0. The van der Waals surface area contributed by atoms with Crippen LogP contribution in [-0.2, 0) is 15.3 Å². The topological polar surface area (TPSA) is 43.4 Å². The minimum absolute atomic E-state index is 0.229. The monoisotopic (exact) mass is 508 g/mol. The van der Waals surface area contributed by atoms with Gasteiger partial charge in [0.25, 0.3) is 7.37 Å². The Bertz CT molecular complexity index is 1480. The lowest BCUT2D eigenvalue weighted by molar-refractivity contribution is 0.493. The number of para-hydroxylation sites is 1. The summed E-state index contributed by atoms with van der Waals surface area (Å²) < 4.78 is 36.1. The summed E-state index contributed by atoms with van der Waals surface area (Å²) in [6.45, 7) is 0. The van der Waals surface area contributed by atoms with Crippen LogP contribution in [0.3, 0.4) is 0 Å². The van der Waals surface area contributed by atoms with Gasteiger partial charge in [-0.3, -0.25) is 4.57 Å². The maximum absolute atomic E-state index is 15.0. The normalized spacial score (nSPS) is 13.0. The van der Waals surface area contributed by atoms with Crippen LogP contribution in [0.5, 0.6) is 5.75 Å². The summed E-state index contributed by atoms with van der Waals surface area (Å²) in [5.74, 6) is 0.372. The van der Waals surface area contributed by atoms with Gasteiger partial charge in [-0.15, -0.1) is 0 Å². The lowest BCUT2D eigenvalue weighted by Crippen LogP contribution is -2.26. The van der Waals surface area contributed by atoms with Crippen molar-refractivity contribution in [3.05, 3.63) is 151 Å². The van der Waals surface area contributed by atoms with Gasteiger partial charge < -0.3 is 9.09 Å². The summed E-state index contributed by atoms with van der Waals surface area (Å²) in [7, 11) is -6.74. The SMILES string of the molecule is O=P(c1ccccc1)(c1ccccc1)c1ccccc1O[P@@](=O)(Cc1ccccc1)c1ccccc1. The van der Waals surface area contributed by atoms with Gasteiger partial charge in [0.15, 0.2) is 7.14 Å². The van der Waals surface area contributed by atoms with Crippen LogP contribution < -0.4 is 25.7 Å². The van der Waals surface area contributed by atoms with E-state index in [9.17, 15) is 4.57 Å². The van der Waals surface area contributed by atoms with Gasteiger partial charge in [-0.2, -0.15) is 0 Å². The third-order valence-electron chi connectivity index (χ3n) is 6.07. The zero-order valence-electron chi connectivity index (χ0n) is 19.7. The van der Waals surface area contributed by atoms with Gasteiger partial charge in [0, 0.05) is 15.9 Å². The fourth-order valence-electron chi connectivity index (χ4n) is 4.31. The van der Waals surface area contributed by atoms with E-state index in [0.29, 0.717) is 27.0 Å². The van der Waals surface area contributed by atoms with Crippen molar-refractivity contribution < 1.29 is 13.7 Å². The van der Waals surface area contributed by atoms with Gasteiger partial charge in [-0.1, -0.05) is 121 Å². The molecule has 5 aromatic carbocycles. The van der Waals surface area contributed by atoms with E-state index in [1.54, 1.807) is 6.07 Å². The molecule has 0 aliphatic heterocycles. The standard InChI is InChI=1S/C31H26O3P2/c32-35(27-17-7-2-8-18-27,25-26-15-5-1-6-16-26)34-30-23-13-14-24-31(30)36(33,28-19-9-3-10-20-28)29-21-11-4-12-22-29/h1-24H,25H2/t35-/m0/s1. The average molecular weight is 508 g/mol. The molecule has 36 heavy (non-hydrogen) atoms. The molecule has 0 saturated carbocycles. The predicted octanol–water partition coefficient (Wildman–Crippen LogP) is 6.51. The molecule has 0 spiro atoms. The van der Waals surface area contributed by atoms with Crippen molar-refractivity contribution in [3.63, 3.8) is 0 Å². The third kappa shape index (κ3) is 4.86. The molecule has 0 N–H and O–H groups in total. The van der Waals surface area contributed by atoms with E-state index in [-0.39, 0.29) is 6.16 Å². The van der Waals surface area contributed by atoms with Gasteiger partial charge in [-0.25, -0.2) is 0 Å². The smallest absolute Gasteiger partial charge is 0.281 e. The fraction of sp³-hybridized carbons (Fsp3) is 0.0323. The van der Waals surface area contributed by atoms with Gasteiger partial charge in [-0.05, 0) is 29.8 Å². The van der Waals surface area contributed by atoms with Gasteiger partial charge in [0.05, 0.1) is 11.5 Å². The molecule has 1 atom stereocenters. The van der Waals surface area contributed by atoms with Crippen LogP contribution in [0.25, 0.3) is 0 Å². The molecule has 3 nitrogen and oxygen atoms in total. The first kappa shape index (κ1) is 24.1. The highest BCUT2D eigenvalue weighted by Gasteiger charge is 2.35. The molecule has 0 saturated heterocycles. The van der Waals surface area contributed by atoms with Crippen LogP contribution >= 0.6 is 14.5 Å². The second-order valence-corrected chi connectivity index (χ2v) is 13.6. The molecule has 0 heterocycles. The maximum Gasteiger partial charge on any atom is 0.281 e. The van der Waals surface area contributed by atoms with Crippen molar-refractivity contribution in [1.29, 1.82) is 0 Å². The quantitative estimate of drug-likeness (QED) is 0.225. The van der Waals surface area contributed by atoms with Crippen molar-refractivity contribution in [2.24, 2.45) is 0 Å². The maximum atomic E-state index is 15.0. The van der Waals surface area contributed by atoms with Crippen molar-refractivity contribution in [3.8, 4) is 5.75 Å². The van der Waals surface area contributed by atoms with Gasteiger partial charge in [0.2, 0.25) is 0 Å². The minimum Gasteiger partial charge on any atom is -0.439 e. The third-order valence-corrected chi connectivity index (χ3v) is 11.5. The molecule has 0 fully saturated rings. The molecule has 0 amide bonds.